The molecule has 2 heterocycles. The molecule has 18 heavy (non-hydrogen) atoms. The molecular weight excluding hydrogens is 224 g/mol. The van der Waals surface area contributed by atoms with E-state index in [0.717, 1.165) is 12.2 Å². The maximum absolute atomic E-state index is 12.4. The molecule has 0 bridgehead atoms. The summed E-state index contributed by atoms with van der Waals surface area (Å²) in [6, 6.07) is 11.7. The van der Waals surface area contributed by atoms with E-state index in [4.69, 9.17) is 0 Å². The van der Waals surface area contributed by atoms with Crippen LogP contribution in [0.2, 0.25) is 0 Å². The first-order valence-corrected chi connectivity index (χ1v) is 6.08. The Morgan fingerprint density at radius 2 is 2.11 bits per heavy atom. The number of hydrogen-bond acceptors (Lipinski definition) is 2. The van der Waals surface area contributed by atoms with Crippen LogP contribution in [0.25, 0.3) is 0 Å². The van der Waals surface area contributed by atoms with Crippen LogP contribution in [-0.4, -0.2) is 17.4 Å². The fourth-order valence-electron chi connectivity index (χ4n) is 2.46. The third-order valence-electron chi connectivity index (χ3n) is 3.37. The summed E-state index contributed by atoms with van der Waals surface area (Å²) in [6.07, 6.45) is 3.30. The van der Waals surface area contributed by atoms with E-state index in [1.165, 1.54) is 5.56 Å². The maximum Gasteiger partial charge on any atom is 0.259 e. The number of anilines is 1. The molecule has 1 aliphatic heterocycles. The van der Waals surface area contributed by atoms with Crippen LogP contribution < -0.4 is 4.90 Å². The lowest BCUT2D eigenvalue weighted by atomic mass is 10.0. The molecule has 1 aromatic carbocycles. The van der Waals surface area contributed by atoms with Gasteiger partial charge in [-0.25, -0.2) is 0 Å². The SMILES string of the molecule is CC1CN(C(=O)c2cccnc2)c2ccccc21. The molecule has 0 saturated heterocycles. The van der Waals surface area contributed by atoms with Gasteiger partial charge >= 0.3 is 0 Å². The van der Waals surface area contributed by atoms with Crippen molar-refractivity contribution < 1.29 is 4.79 Å². The Hall–Kier alpha value is -2.16. The zero-order valence-electron chi connectivity index (χ0n) is 10.2. The monoisotopic (exact) mass is 238 g/mol. The van der Waals surface area contributed by atoms with Gasteiger partial charge in [-0.2, -0.15) is 0 Å². The molecule has 0 aliphatic carbocycles. The Kier molecular flexibility index (Phi) is 2.59. The van der Waals surface area contributed by atoms with Gasteiger partial charge in [0.1, 0.15) is 0 Å². The molecule has 0 spiro atoms. The number of carbonyl (C=O) groups excluding carboxylic acids is 1. The quantitative estimate of drug-likeness (QED) is 0.765. The van der Waals surface area contributed by atoms with Gasteiger partial charge in [-0.1, -0.05) is 25.1 Å². The van der Waals surface area contributed by atoms with Gasteiger partial charge in [0.25, 0.3) is 5.91 Å². The second kappa shape index (κ2) is 4.26. The van der Waals surface area contributed by atoms with Gasteiger partial charge in [0.2, 0.25) is 0 Å². The van der Waals surface area contributed by atoms with Crippen LogP contribution in [0.5, 0.6) is 0 Å². The first-order chi connectivity index (χ1) is 8.77. The highest BCUT2D eigenvalue weighted by molar-refractivity contribution is 6.07. The predicted molar refractivity (Wildman–Crippen MR) is 70.8 cm³/mol. The molecule has 1 aromatic heterocycles. The minimum atomic E-state index is 0.0277. The van der Waals surface area contributed by atoms with Crippen molar-refractivity contribution in [2.45, 2.75) is 12.8 Å². The summed E-state index contributed by atoms with van der Waals surface area (Å²) in [6.45, 7) is 2.89. The number of nitrogens with zero attached hydrogens (tertiary/aromatic N) is 2. The minimum absolute atomic E-state index is 0.0277. The lowest BCUT2D eigenvalue weighted by Gasteiger charge is -2.17. The van der Waals surface area contributed by atoms with E-state index >= 15 is 0 Å². The zero-order valence-corrected chi connectivity index (χ0v) is 10.2. The van der Waals surface area contributed by atoms with Crippen LogP contribution in [0, 0.1) is 0 Å². The highest BCUT2D eigenvalue weighted by Crippen LogP contribution is 2.36. The van der Waals surface area contributed by atoms with E-state index in [2.05, 4.69) is 18.0 Å². The number of carbonyl (C=O) groups is 1. The number of rotatable bonds is 1. The van der Waals surface area contributed by atoms with Crippen LogP contribution in [0.15, 0.2) is 48.8 Å². The number of para-hydroxylation sites is 1. The highest BCUT2D eigenvalue weighted by atomic mass is 16.2. The van der Waals surface area contributed by atoms with E-state index < -0.39 is 0 Å². The normalized spacial score (nSPS) is 17.6. The minimum Gasteiger partial charge on any atom is -0.307 e. The van der Waals surface area contributed by atoms with Crippen molar-refractivity contribution in [3.05, 3.63) is 59.9 Å². The molecule has 2 aromatic rings. The molecule has 0 fully saturated rings. The summed E-state index contributed by atoms with van der Waals surface area (Å²) < 4.78 is 0. The van der Waals surface area contributed by atoms with E-state index in [9.17, 15) is 4.79 Å². The molecule has 1 amide bonds. The van der Waals surface area contributed by atoms with Crippen LogP contribution in [0.3, 0.4) is 0 Å². The number of amides is 1. The lowest BCUT2D eigenvalue weighted by Crippen LogP contribution is -2.29. The standard InChI is InChI=1S/C15H14N2O/c1-11-10-17(14-7-3-2-6-13(11)14)15(18)12-5-4-8-16-9-12/h2-9,11H,10H2,1H3. The van der Waals surface area contributed by atoms with Crippen LogP contribution in [0.1, 0.15) is 28.8 Å². The summed E-state index contributed by atoms with van der Waals surface area (Å²) in [7, 11) is 0. The molecule has 0 N–H and O–H groups in total. The number of aromatic nitrogens is 1. The Morgan fingerprint density at radius 3 is 2.89 bits per heavy atom. The second-order valence-electron chi connectivity index (χ2n) is 4.62. The van der Waals surface area contributed by atoms with Crippen LogP contribution in [0.4, 0.5) is 5.69 Å². The molecule has 0 saturated carbocycles. The molecule has 3 heteroatoms. The van der Waals surface area contributed by atoms with E-state index in [0.29, 0.717) is 11.5 Å². The Bertz CT molecular complexity index is 580. The molecule has 1 unspecified atom stereocenters. The largest absolute Gasteiger partial charge is 0.307 e. The Morgan fingerprint density at radius 1 is 1.28 bits per heavy atom. The third-order valence-corrected chi connectivity index (χ3v) is 3.37. The third kappa shape index (κ3) is 1.68. The zero-order chi connectivity index (χ0) is 12.5. The number of fused-ring (bicyclic) bond motifs is 1. The van der Waals surface area contributed by atoms with Gasteiger partial charge in [-0.3, -0.25) is 9.78 Å². The number of benzene rings is 1. The summed E-state index contributed by atoms with van der Waals surface area (Å²) in [5, 5.41) is 0. The number of hydrogen-bond donors (Lipinski definition) is 0. The summed E-state index contributed by atoms with van der Waals surface area (Å²) in [5.41, 5.74) is 2.91. The van der Waals surface area contributed by atoms with Gasteiger partial charge in [0.05, 0.1) is 5.56 Å². The van der Waals surface area contributed by atoms with Gasteiger partial charge in [-0.15, -0.1) is 0 Å². The summed E-state index contributed by atoms with van der Waals surface area (Å²) in [5.74, 6) is 0.418. The van der Waals surface area contributed by atoms with Crippen molar-refractivity contribution in [2.24, 2.45) is 0 Å². The molecule has 90 valence electrons. The van der Waals surface area contributed by atoms with E-state index in [1.54, 1.807) is 24.5 Å². The number of pyridine rings is 1. The molecule has 1 aliphatic rings. The fraction of sp³-hybridized carbons (Fsp3) is 0.200. The lowest BCUT2D eigenvalue weighted by molar-refractivity contribution is 0.0988. The van der Waals surface area contributed by atoms with Crippen molar-refractivity contribution in [3.8, 4) is 0 Å². The molecule has 1 atom stereocenters. The first kappa shape index (κ1) is 11.0. The topological polar surface area (TPSA) is 33.2 Å². The summed E-state index contributed by atoms with van der Waals surface area (Å²) >= 11 is 0. The smallest absolute Gasteiger partial charge is 0.259 e. The average molecular weight is 238 g/mol. The van der Waals surface area contributed by atoms with E-state index in [1.807, 2.05) is 23.1 Å². The van der Waals surface area contributed by atoms with Gasteiger partial charge < -0.3 is 4.90 Å². The Labute approximate surface area is 106 Å². The van der Waals surface area contributed by atoms with Crippen molar-refractivity contribution in [1.82, 2.24) is 4.98 Å². The first-order valence-electron chi connectivity index (χ1n) is 6.08. The van der Waals surface area contributed by atoms with Crippen molar-refractivity contribution >= 4 is 11.6 Å². The van der Waals surface area contributed by atoms with Crippen molar-refractivity contribution in [1.29, 1.82) is 0 Å². The highest BCUT2D eigenvalue weighted by Gasteiger charge is 2.29. The van der Waals surface area contributed by atoms with E-state index in [-0.39, 0.29) is 5.91 Å². The maximum atomic E-state index is 12.4. The fourth-order valence-corrected chi connectivity index (χ4v) is 2.46. The molecule has 0 radical (unpaired) electrons. The predicted octanol–water partition coefficient (Wildman–Crippen LogP) is 2.85. The second-order valence-corrected chi connectivity index (χ2v) is 4.62. The van der Waals surface area contributed by atoms with Gasteiger partial charge in [0.15, 0.2) is 0 Å². The van der Waals surface area contributed by atoms with Crippen molar-refractivity contribution in [2.75, 3.05) is 11.4 Å². The average Bonchev–Trinajstić information content (AvgIpc) is 2.77. The van der Waals surface area contributed by atoms with Crippen LogP contribution >= 0.6 is 0 Å². The molecule has 3 rings (SSSR count). The van der Waals surface area contributed by atoms with Gasteiger partial charge in [-0.05, 0) is 23.8 Å². The molecular formula is C15H14N2O. The van der Waals surface area contributed by atoms with Crippen molar-refractivity contribution in [3.63, 3.8) is 0 Å². The van der Waals surface area contributed by atoms with Gasteiger partial charge in [0, 0.05) is 30.5 Å². The van der Waals surface area contributed by atoms with Crippen LogP contribution in [-0.2, 0) is 0 Å². The Balaban J connectivity index is 1.98. The summed E-state index contributed by atoms with van der Waals surface area (Å²) in [4.78, 5) is 18.3. The molecule has 3 nitrogen and oxygen atoms in total.